The molecule has 6 saturated carbocycles. The van der Waals surface area contributed by atoms with Crippen LogP contribution in [0.1, 0.15) is 143 Å². The second kappa shape index (κ2) is 22.5. The molecule has 0 radical (unpaired) electrons. The van der Waals surface area contributed by atoms with Gasteiger partial charge in [-0.05, 0) is 136 Å². The Bertz CT molecular complexity index is 2090. The first kappa shape index (κ1) is 59.4. The summed E-state index contributed by atoms with van der Waals surface area (Å²) >= 11 is 0. The van der Waals surface area contributed by atoms with Crippen molar-refractivity contribution in [1.29, 1.82) is 0 Å². The molecule has 0 amide bonds. The van der Waals surface area contributed by atoms with E-state index in [-0.39, 0.29) is 156 Å². The third kappa shape index (κ3) is 10.9. The van der Waals surface area contributed by atoms with E-state index >= 15 is 0 Å². The molecule has 0 aliphatic heterocycles. The van der Waals surface area contributed by atoms with Gasteiger partial charge in [0.05, 0.1) is 37.9 Å². The van der Waals surface area contributed by atoms with Gasteiger partial charge in [-0.1, -0.05) is 38.8 Å². The van der Waals surface area contributed by atoms with Crippen LogP contribution in [-0.2, 0) is 43.1 Å². The van der Waals surface area contributed by atoms with Gasteiger partial charge in [0.15, 0.2) is 24.0 Å². The molecule has 8 aliphatic rings. The Hall–Kier alpha value is -2.16. The molecule has 14 atom stereocenters. The van der Waals surface area contributed by atoms with Crippen LogP contribution >= 0.6 is 0 Å². The summed E-state index contributed by atoms with van der Waals surface area (Å²) in [5, 5.41) is 79.2. The SMILES string of the molecule is C[C@]12CCC(=O)C=C1CC[C@@H]1[C@@H]2[C@@H](O)C[C@@]2(C)[C@H]1CC[C@]2(O)C(=O)CO.C[C@]12CCC(=O)C=C1CC[C@@H]1[C@@H]2[C@@H](O)C[C@@]2(C)[C@H]1CC[C@]2(O)C(=O)COC(=O)CCC(=O)O.O=C(O)CCC(=O)O.[NaH].[NaH]. The first-order valence-corrected chi connectivity index (χ1v) is 24.0. The van der Waals surface area contributed by atoms with E-state index in [9.17, 15) is 63.9 Å². The number of esters is 1. The maximum atomic E-state index is 13.1. The predicted molar refractivity (Wildman–Crippen MR) is 250 cm³/mol. The molecule has 8 N–H and O–H groups in total. The summed E-state index contributed by atoms with van der Waals surface area (Å²) in [4.78, 5) is 91.0. The summed E-state index contributed by atoms with van der Waals surface area (Å²) in [6.07, 6.45) is 9.44. The molecule has 0 spiro atoms. The van der Waals surface area contributed by atoms with Crippen molar-refractivity contribution in [2.75, 3.05) is 13.2 Å². The number of carbonyl (C=O) groups excluding carboxylic acids is 5. The number of carbonyl (C=O) groups is 8. The standard InChI is InChI=1S/C25H34O8.C21H30O5.C4H6O4.2Na.2H/c1-23-9-7-15(26)11-14(23)3-4-16-17-8-10-25(32,24(17,2)12-18(27)22(16)23)19(28)13-33-21(31)6-5-20(29)30;1-19-7-5-13(23)9-12(19)3-4-14-15-6-8-21(26,17(25)11-22)20(15,2)10-16(24)18(14)19;5-3(6)1-2-4(7)8;;;;/h11,16-18,22,27,32H,3-10,12-13H2,1-2H3,(H,29,30);9,14-16,18,22,24,26H,3-8,10-11H2,1-2H3;1-2H2,(H,5,6)(H,7,8);;;;/t16-,17-,18-,22+,23-,24-,25-;14-,15-,16-,18+,19-,20-,21-;;;;;/m00...../s1. The number of hydrogen-bond acceptors (Lipinski definition) is 14. The average molecular weight is 991 g/mol. The summed E-state index contributed by atoms with van der Waals surface area (Å²) < 4.78 is 4.97. The summed E-state index contributed by atoms with van der Waals surface area (Å²) in [7, 11) is 0. The van der Waals surface area contributed by atoms with Crippen molar-refractivity contribution in [3.63, 3.8) is 0 Å². The predicted octanol–water partition coefficient (Wildman–Crippen LogP) is 2.62. The fourth-order valence-electron chi connectivity index (χ4n) is 15.2. The van der Waals surface area contributed by atoms with Gasteiger partial charge in [-0.15, -0.1) is 0 Å². The van der Waals surface area contributed by atoms with Crippen LogP contribution in [0.15, 0.2) is 23.3 Å². The van der Waals surface area contributed by atoms with Crippen LogP contribution < -0.4 is 0 Å². The molecule has 6 fully saturated rings. The van der Waals surface area contributed by atoms with Crippen molar-refractivity contribution in [2.45, 2.75) is 167 Å². The maximum absolute atomic E-state index is 13.1. The van der Waals surface area contributed by atoms with Gasteiger partial charge >= 0.3 is 83.0 Å². The van der Waals surface area contributed by atoms with E-state index in [0.29, 0.717) is 32.1 Å². The van der Waals surface area contributed by atoms with E-state index < -0.39 is 82.9 Å². The van der Waals surface area contributed by atoms with E-state index in [0.717, 1.165) is 50.5 Å². The molecule has 0 saturated heterocycles. The Morgan fingerprint density at radius 3 is 1.33 bits per heavy atom. The average Bonchev–Trinajstić information content (AvgIpc) is 3.69. The summed E-state index contributed by atoms with van der Waals surface area (Å²) in [6.45, 7) is 6.87. The number of aliphatic hydroxyl groups excluding tert-OH is 3. The third-order valence-corrected chi connectivity index (χ3v) is 18.6. The molecule has 8 aliphatic carbocycles. The molecule has 19 heteroatoms. The van der Waals surface area contributed by atoms with Gasteiger partial charge in [-0.2, -0.15) is 0 Å². The Balaban J connectivity index is 0.000000258. The first-order valence-electron chi connectivity index (χ1n) is 24.0. The van der Waals surface area contributed by atoms with Gasteiger partial charge in [0, 0.05) is 23.7 Å². The molecule has 69 heavy (non-hydrogen) atoms. The van der Waals surface area contributed by atoms with E-state index in [1.807, 2.05) is 13.8 Å². The summed E-state index contributed by atoms with van der Waals surface area (Å²) in [5.41, 5.74) is -2.91. The molecule has 0 aromatic heterocycles. The topological polar surface area (TPSA) is 308 Å². The molecule has 8 rings (SSSR count). The second-order valence-corrected chi connectivity index (χ2v) is 21.8. The van der Waals surface area contributed by atoms with Crippen LogP contribution in [0.4, 0.5) is 0 Å². The number of ether oxygens (including phenoxy) is 1. The fraction of sp³-hybridized carbons (Fsp3) is 0.760. The second-order valence-electron chi connectivity index (χ2n) is 21.8. The van der Waals surface area contributed by atoms with Crippen molar-refractivity contribution in [3.05, 3.63) is 23.3 Å². The van der Waals surface area contributed by atoms with Crippen LogP contribution in [0.5, 0.6) is 0 Å². The van der Waals surface area contributed by atoms with E-state index in [1.165, 1.54) is 5.57 Å². The number of carboxylic acid groups (broad SMARTS) is 3. The van der Waals surface area contributed by atoms with Crippen molar-refractivity contribution < 1.29 is 83.9 Å². The molecule has 376 valence electrons. The van der Waals surface area contributed by atoms with Crippen LogP contribution in [0, 0.1) is 57.2 Å². The van der Waals surface area contributed by atoms with Gasteiger partial charge < -0.3 is 45.6 Å². The van der Waals surface area contributed by atoms with E-state index in [1.54, 1.807) is 12.2 Å². The Morgan fingerprint density at radius 2 is 0.957 bits per heavy atom. The normalized spacial score (nSPS) is 40.1. The van der Waals surface area contributed by atoms with Crippen molar-refractivity contribution in [1.82, 2.24) is 0 Å². The molecule has 17 nitrogen and oxygen atoms in total. The zero-order chi connectivity index (χ0) is 49.7. The number of allylic oxidation sites excluding steroid dienone is 2. The number of aliphatic hydroxyl groups is 5. The molecular weight excluding hydrogens is 919 g/mol. The van der Waals surface area contributed by atoms with Crippen LogP contribution in [0.25, 0.3) is 0 Å². The molecule has 0 aromatic rings. The summed E-state index contributed by atoms with van der Waals surface area (Å²) in [5.74, 6) is -4.22. The van der Waals surface area contributed by atoms with Gasteiger partial charge in [0.1, 0.15) is 17.8 Å². The molecular formula is C50H72Na2O17. The monoisotopic (exact) mass is 990 g/mol. The molecule has 0 unspecified atom stereocenters. The number of aliphatic carboxylic acids is 3. The van der Waals surface area contributed by atoms with Crippen LogP contribution in [0.2, 0.25) is 0 Å². The first-order chi connectivity index (χ1) is 31.2. The molecule has 0 heterocycles. The van der Waals surface area contributed by atoms with Crippen molar-refractivity contribution in [3.8, 4) is 0 Å². The van der Waals surface area contributed by atoms with E-state index in [4.69, 9.17) is 20.1 Å². The zero-order valence-electron chi connectivity index (χ0n) is 39.2. The molecule has 0 bridgehead atoms. The number of rotatable bonds is 11. The van der Waals surface area contributed by atoms with Crippen LogP contribution in [0.3, 0.4) is 0 Å². The van der Waals surface area contributed by atoms with Crippen molar-refractivity contribution in [2.24, 2.45) is 57.2 Å². The number of fused-ring (bicyclic) bond motifs is 10. The van der Waals surface area contributed by atoms with E-state index in [2.05, 4.69) is 13.8 Å². The molecule has 0 aromatic carbocycles. The van der Waals surface area contributed by atoms with Gasteiger partial charge in [0.25, 0.3) is 0 Å². The quantitative estimate of drug-likeness (QED) is 0.109. The van der Waals surface area contributed by atoms with Gasteiger partial charge in [-0.3, -0.25) is 38.4 Å². The number of hydrogen-bond donors (Lipinski definition) is 8. The Kier molecular flexibility index (Phi) is 19.4. The van der Waals surface area contributed by atoms with Crippen LogP contribution in [-0.4, -0.2) is 184 Å². The summed E-state index contributed by atoms with van der Waals surface area (Å²) in [6, 6.07) is 0. The Labute approximate surface area is 447 Å². The zero-order valence-corrected chi connectivity index (χ0v) is 39.2. The van der Waals surface area contributed by atoms with Gasteiger partial charge in [0.2, 0.25) is 5.78 Å². The Morgan fingerprint density at radius 1 is 0.580 bits per heavy atom. The fourth-order valence-corrected chi connectivity index (χ4v) is 15.2. The number of ketones is 4. The number of carboxylic acids is 3. The van der Waals surface area contributed by atoms with Gasteiger partial charge in [-0.25, -0.2) is 0 Å². The minimum absolute atomic E-state index is 0. The van der Waals surface area contributed by atoms with Crippen molar-refractivity contribution >= 4 is 106 Å². The third-order valence-electron chi connectivity index (χ3n) is 18.6. The minimum atomic E-state index is -1.71. The number of Topliss-reactive ketones (excluding diaryl/α,β-unsaturated/α-hetero) is 2.